The molecule has 2 heterocycles. The van der Waals surface area contributed by atoms with E-state index in [-0.39, 0.29) is 17.7 Å². The van der Waals surface area contributed by atoms with Gasteiger partial charge in [-0.05, 0) is 43.2 Å². The zero-order valence-corrected chi connectivity index (χ0v) is 17.2. The van der Waals surface area contributed by atoms with Gasteiger partial charge in [0.1, 0.15) is 5.01 Å². The minimum absolute atomic E-state index is 0.0177. The summed E-state index contributed by atoms with van der Waals surface area (Å²) in [4.78, 5) is 26.7. The van der Waals surface area contributed by atoms with Crippen LogP contribution in [0, 0.1) is 6.92 Å². The lowest BCUT2D eigenvalue weighted by Gasteiger charge is -2.16. The molecule has 1 saturated heterocycles. The zero-order chi connectivity index (χ0) is 20.4. The smallest absolute Gasteiger partial charge is 0.257 e. The first-order valence-corrected chi connectivity index (χ1v) is 10.5. The van der Waals surface area contributed by atoms with Crippen molar-refractivity contribution in [3.05, 3.63) is 70.2 Å². The largest absolute Gasteiger partial charge is 0.312 e. The Labute approximate surface area is 173 Å². The maximum Gasteiger partial charge on any atom is 0.257 e. The lowest BCUT2D eigenvalue weighted by Crippen LogP contribution is -2.24. The number of carbonyl (C=O) groups excluding carboxylic acids is 2. The Bertz CT molecular complexity index is 1030. The van der Waals surface area contributed by atoms with Crippen molar-refractivity contribution in [3.8, 4) is 0 Å². The second-order valence-electron chi connectivity index (χ2n) is 7.19. The Morgan fingerprint density at radius 1 is 1.14 bits per heavy atom. The van der Waals surface area contributed by atoms with E-state index in [0.29, 0.717) is 23.7 Å². The summed E-state index contributed by atoms with van der Waals surface area (Å²) in [5, 5.41) is 12.3. The van der Waals surface area contributed by atoms with Gasteiger partial charge in [0.25, 0.3) is 5.91 Å². The van der Waals surface area contributed by atoms with Crippen LogP contribution in [-0.2, 0) is 11.2 Å². The summed E-state index contributed by atoms with van der Waals surface area (Å²) >= 11 is 1.33. The minimum atomic E-state index is -0.215. The summed E-state index contributed by atoms with van der Waals surface area (Å²) in [5.41, 5.74) is 3.83. The number of nitrogens with zero attached hydrogens (tertiary/aromatic N) is 3. The van der Waals surface area contributed by atoms with Crippen LogP contribution in [0.1, 0.15) is 45.8 Å². The van der Waals surface area contributed by atoms with Crippen molar-refractivity contribution in [2.24, 2.45) is 0 Å². The highest BCUT2D eigenvalue weighted by molar-refractivity contribution is 7.15. The average Bonchev–Trinajstić information content (AvgIpc) is 3.35. The second kappa shape index (κ2) is 8.13. The number of amides is 2. The van der Waals surface area contributed by atoms with Crippen molar-refractivity contribution in [3.63, 3.8) is 0 Å². The van der Waals surface area contributed by atoms with E-state index in [1.807, 2.05) is 31.2 Å². The normalized spacial score (nSPS) is 16.3. The molecule has 29 heavy (non-hydrogen) atoms. The highest BCUT2D eigenvalue weighted by Crippen LogP contribution is 2.34. The minimum Gasteiger partial charge on any atom is -0.312 e. The third kappa shape index (κ3) is 4.19. The summed E-state index contributed by atoms with van der Waals surface area (Å²) in [6.07, 6.45) is 1.37. The summed E-state index contributed by atoms with van der Waals surface area (Å²) in [6.45, 7) is 4.66. The first-order chi connectivity index (χ1) is 14.0. The molecule has 1 N–H and O–H groups in total. The van der Waals surface area contributed by atoms with Crippen molar-refractivity contribution in [1.29, 1.82) is 0 Å². The van der Waals surface area contributed by atoms with Crippen molar-refractivity contribution in [1.82, 2.24) is 10.2 Å². The number of carbonyl (C=O) groups is 2. The van der Waals surface area contributed by atoms with E-state index in [4.69, 9.17) is 0 Å². The van der Waals surface area contributed by atoms with Gasteiger partial charge < -0.3 is 4.90 Å². The van der Waals surface area contributed by atoms with Crippen LogP contribution in [0.4, 0.5) is 10.8 Å². The molecule has 4 rings (SSSR count). The molecule has 0 spiro atoms. The molecule has 2 amide bonds. The monoisotopic (exact) mass is 406 g/mol. The molecule has 0 unspecified atom stereocenters. The summed E-state index contributed by atoms with van der Waals surface area (Å²) in [6, 6.07) is 15.4. The van der Waals surface area contributed by atoms with Crippen LogP contribution in [0.2, 0.25) is 0 Å². The molecule has 0 aliphatic carbocycles. The number of anilines is 2. The second-order valence-corrected chi connectivity index (χ2v) is 8.20. The quantitative estimate of drug-likeness (QED) is 0.690. The van der Waals surface area contributed by atoms with Crippen LogP contribution in [0.15, 0.2) is 48.5 Å². The fraction of sp³-hybridized carbons (Fsp3) is 0.273. The maximum absolute atomic E-state index is 12.5. The first kappa shape index (κ1) is 19.3. The van der Waals surface area contributed by atoms with Crippen LogP contribution < -0.4 is 10.2 Å². The van der Waals surface area contributed by atoms with E-state index in [2.05, 4.69) is 34.6 Å². The fourth-order valence-corrected chi connectivity index (χ4v) is 4.19. The molecule has 3 aromatic rings. The van der Waals surface area contributed by atoms with E-state index in [9.17, 15) is 9.59 Å². The van der Waals surface area contributed by atoms with E-state index in [1.165, 1.54) is 16.9 Å². The average molecular weight is 407 g/mol. The van der Waals surface area contributed by atoms with Gasteiger partial charge in [0.05, 0.1) is 0 Å². The SMILES string of the molecule is CCc1ccc(N2C[C@@H](c3nnc(NC(=O)c4ccc(C)cc4)s3)CC2=O)cc1. The van der Waals surface area contributed by atoms with Gasteiger partial charge in [-0.3, -0.25) is 14.9 Å². The molecule has 1 aliphatic rings. The molecule has 148 valence electrons. The number of hydrogen-bond donors (Lipinski definition) is 1. The molecule has 1 aromatic heterocycles. The van der Waals surface area contributed by atoms with Crippen molar-refractivity contribution in [2.75, 3.05) is 16.8 Å². The predicted molar refractivity (Wildman–Crippen MR) is 115 cm³/mol. The molecule has 1 fully saturated rings. The van der Waals surface area contributed by atoms with Gasteiger partial charge in [-0.15, -0.1) is 10.2 Å². The Morgan fingerprint density at radius 3 is 2.55 bits per heavy atom. The molecule has 1 aliphatic heterocycles. The van der Waals surface area contributed by atoms with Gasteiger partial charge in [0.15, 0.2) is 0 Å². The first-order valence-electron chi connectivity index (χ1n) is 9.64. The van der Waals surface area contributed by atoms with Gasteiger partial charge in [-0.25, -0.2) is 0 Å². The fourth-order valence-electron chi connectivity index (χ4n) is 3.36. The van der Waals surface area contributed by atoms with E-state index < -0.39 is 0 Å². The number of aryl methyl sites for hydroxylation is 2. The molecule has 7 heteroatoms. The van der Waals surface area contributed by atoms with Crippen molar-refractivity contribution < 1.29 is 9.59 Å². The maximum atomic E-state index is 12.5. The standard InChI is InChI=1S/C22H22N4O2S/c1-3-15-6-10-18(11-7-15)26-13-17(12-19(26)27)21-24-25-22(29-21)23-20(28)16-8-4-14(2)5-9-16/h4-11,17H,3,12-13H2,1-2H3,(H,23,25,28)/t17-/m0/s1. The summed E-state index contributed by atoms with van der Waals surface area (Å²) < 4.78 is 0. The van der Waals surface area contributed by atoms with E-state index >= 15 is 0 Å². The third-order valence-electron chi connectivity index (χ3n) is 5.11. The van der Waals surface area contributed by atoms with Crippen LogP contribution in [0.3, 0.4) is 0 Å². The number of nitrogens with one attached hydrogen (secondary N) is 1. The lowest BCUT2D eigenvalue weighted by molar-refractivity contribution is -0.117. The highest BCUT2D eigenvalue weighted by atomic mass is 32.1. The van der Waals surface area contributed by atoms with Crippen LogP contribution in [-0.4, -0.2) is 28.6 Å². The topological polar surface area (TPSA) is 75.2 Å². The highest BCUT2D eigenvalue weighted by Gasteiger charge is 2.34. The van der Waals surface area contributed by atoms with Crippen LogP contribution in [0.25, 0.3) is 0 Å². The number of rotatable bonds is 5. The van der Waals surface area contributed by atoms with Gasteiger partial charge in [0.2, 0.25) is 11.0 Å². The van der Waals surface area contributed by atoms with Crippen LogP contribution >= 0.6 is 11.3 Å². The summed E-state index contributed by atoms with van der Waals surface area (Å²) in [7, 11) is 0. The molecule has 2 aromatic carbocycles. The Hall–Kier alpha value is -3.06. The molecule has 0 radical (unpaired) electrons. The molecule has 0 saturated carbocycles. The molecule has 1 atom stereocenters. The number of hydrogen-bond acceptors (Lipinski definition) is 5. The zero-order valence-electron chi connectivity index (χ0n) is 16.4. The van der Waals surface area contributed by atoms with E-state index in [1.54, 1.807) is 17.0 Å². The van der Waals surface area contributed by atoms with Gasteiger partial charge in [-0.1, -0.05) is 48.1 Å². The number of aromatic nitrogens is 2. The summed E-state index contributed by atoms with van der Waals surface area (Å²) in [5.74, 6) is -0.150. The van der Waals surface area contributed by atoms with Crippen LogP contribution in [0.5, 0.6) is 0 Å². The van der Waals surface area contributed by atoms with Gasteiger partial charge in [-0.2, -0.15) is 0 Å². The van der Waals surface area contributed by atoms with Gasteiger partial charge >= 0.3 is 0 Å². The molecular formula is C22H22N4O2S. The van der Waals surface area contributed by atoms with Gasteiger partial charge in [0, 0.05) is 30.1 Å². The Kier molecular flexibility index (Phi) is 5.40. The predicted octanol–water partition coefficient (Wildman–Crippen LogP) is 4.18. The third-order valence-corrected chi connectivity index (χ3v) is 6.11. The molecule has 6 nitrogen and oxygen atoms in total. The van der Waals surface area contributed by atoms with Crippen molar-refractivity contribution in [2.45, 2.75) is 32.6 Å². The Morgan fingerprint density at radius 2 is 1.86 bits per heavy atom. The Balaban J connectivity index is 1.43. The molecular weight excluding hydrogens is 384 g/mol. The van der Waals surface area contributed by atoms with E-state index in [0.717, 1.165) is 22.7 Å². The molecule has 0 bridgehead atoms. The lowest BCUT2D eigenvalue weighted by atomic mass is 10.1. The number of benzene rings is 2. The van der Waals surface area contributed by atoms with Crippen molar-refractivity contribution >= 4 is 34.0 Å².